The SMILES string of the molecule is CC(C)NC(=O)C1CCC(n2c(NC(=O)c3cc[n+](OC(C)(C)C4CCN(Cc5ccc6nc(NC(=O)c7cccnc7)n(C7CCC(C(=O)NC(C)C)CC7)c6c5)CC4)cc3)nc3ccc(CN4CCC(C(C)(C)O)CC4)cc32)CC1. The van der Waals surface area contributed by atoms with E-state index in [0.29, 0.717) is 23.0 Å². The average molecular weight is 1120 g/mol. The van der Waals surface area contributed by atoms with Gasteiger partial charge in [-0.25, -0.2) is 9.97 Å². The molecule has 2 saturated carbocycles. The Balaban J connectivity index is 0.777. The third-order valence-electron chi connectivity index (χ3n) is 18.0. The Labute approximate surface area is 483 Å². The predicted octanol–water partition coefficient (Wildman–Crippen LogP) is 9.19. The van der Waals surface area contributed by atoms with Gasteiger partial charge in [-0.15, -0.1) is 0 Å². The summed E-state index contributed by atoms with van der Waals surface area (Å²) in [6, 6.07) is 20.2. The number of imidazole rings is 2. The van der Waals surface area contributed by atoms with Crippen LogP contribution in [0.5, 0.6) is 0 Å². The van der Waals surface area contributed by atoms with Gasteiger partial charge < -0.3 is 24.9 Å². The molecular formula is C64H87N12O6+. The molecule has 4 amide bonds. The molecule has 4 fully saturated rings. The van der Waals surface area contributed by atoms with Crippen LogP contribution in [-0.2, 0) is 22.7 Å². The van der Waals surface area contributed by atoms with Crippen molar-refractivity contribution in [3.05, 3.63) is 108 Å². The van der Waals surface area contributed by atoms with Crippen molar-refractivity contribution in [2.75, 3.05) is 36.8 Å². The second-order valence-corrected chi connectivity index (χ2v) is 25.6. The Bertz CT molecular complexity index is 3190. The van der Waals surface area contributed by atoms with Crippen molar-refractivity contribution in [2.24, 2.45) is 23.7 Å². The number of amides is 4. The fourth-order valence-corrected chi connectivity index (χ4v) is 13.3. The molecule has 0 atom stereocenters. The molecule has 2 saturated heterocycles. The number of nitrogens with zero attached hydrogens (tertiary/aromatic N) is 8. The van der Waals surface area contributed by atoms with E-state index in [0.717, 1.165) is 138 Å². The number of pyridine rings is 2. The molecule has 2 aliphatic carbocycles. The zero-order valence-corrected chi connectivity index (χ0v) is 49.5. The number of rotatable bonds is 18. The second kappa shape index (κ2) is 25.0. The Morgan fingerprint density at radius 1 is 0.610 bits per heavy atom. The summed E-state index contributed by atoms with van der Waals surface area (Å²) in [5.74, 6) is 1.21. The third kappa shape index (κ3) is 13.8. The normalized spacial score (nSPS) is 21.0. The van der Waals surface area contributed by atoms with E-state index >= 15 is 0 Å². The Hall–Kier alpha value is -6.76. The first-order valence-corrected chi connectivity index (χ1v) is 30.3. The fraction of sp³-hybridized carbons (Fsp3) is 0.562. The van der Waals surface area contributed by atoms with Crippen molar-refractivity contribution in [3.63, 3.8) is 0 Å². The Morgan fingerprint density at radius 3 is 1.49 bits per heavy atom. The molecule has 0 bridgehead atoms. The minimum Gasteiger partial charge on any atom is -0.390 e. The minimum absolute atomic E-state index is 0.0324. The average Bonchev–Trinajstić information content (AvgIpc) is 4.10. The van der Waals surface area contributed by atoms with Crippen molar-refractivity contribution >= 4 is 57.6 Å². The summed E-state index contributed by atoms with van der Waals surface area (Å²) in [4.78, 5) is 79.4. The number of hydrogen-bond acceptors (Lipinski definition) is 11. The molecule has 5 N–H and O–H groups in total. The lowest BCUT2D eigenvalue weighted by Gasteiger charge is -2.37. The van der Waals surface area contributed by atoms with Crippen LogP contribution in [0.15, 0.2) is 85.5 Å². The molecule has 10 rings (SSSR count). The van der Waals surface area contributed by atoms with Crippen molar-refractivity contribution in [1.29, 1.82) is 0 Å². The molecule has 0 spiro atoms. The Kier molecular flexibility index (Phi) is 17.8. The summed E-state index contributed by atoms with van der Waals surface area (Å²) < 4.78 is 6.10. The van der Waals surface area contributed by atoms with Gasteiger partial charge in [0.1, 0.15) is 0 Å². The van der Waals surface area contributed by atoms with Crippen LogP contribution in [0.3, 0.4) is 0 Å². The van der Waals surface area contributed by atoms with Gasteiger partial charge in [0.2, 0.25) is 36.1 Å². The van der Waals surface area contributed by atoms with Crippen molar-refractivity contribution in [3.8, 4) is 0 Å². The molecule has 4 aliphatic rings. The minimum atomic E-state index is -0.677. The fourth-order valence-electron chi connectivity index (χ4n) is 13.3. The van der Waals surface area contributed by atoms with Crippen molar-refractivity contribution < 1.29 is 33.9 Å². The third-order valence-corrected chi connectivity index (χ3v) is 18.0. The molecule has 6 aromatic rings. The van der Waals surface area contributed by atoms with Gasteiger partial charge in [-0.1, -0.05) is 12.1 Å². The number of likely N-dealkylation sites (tertiary alicyclic amines) is 2. The van der Waals surface area contributed by atoms with Gasteiger partial charge in [0.25, 0.3) is 11.8 Å². The molecule has 4 aromatic heterocycles. The first-order chi connectivity index (χ1) is 39.2. The summed E-state index contributed by atoms with van der Waals surface area (Å²) >= 11 is 0. The summed E-state index contributed by atoms with van der Waals surface area (Å²) in [5, 5.41) is 23.1. The highest BCUT2D eigenvalue weighted by Gasteiger charge is 2.39. The first-order valence-electron chi connectivity index (χ1n) is 30.3. The number of carbonyl (C=O) groups is 4. The van der Waals surface area contributed by atoms with Crippen LogP contribution in [0.2, 0.25) is 0 Å². The summed E-state index contributed by atoms with van der Waals surface area (Å²) in [6.45, 7) is 21.3. The molecular weight excluding hydrogens is 1030 g/mol. The summed E-state index contributed by atoms with van der Waals surface area (Å²) in [5.41, 5.74) is 5.70. The van der Waals surface area contributed by atoms with Gasteiger partial charge in [-0.3, -0.25) is 49.4 Å². The largest absolute Gasteiger partial charge is 0.390 e. The number of aliphatic hydroxyl groups is 1. The van der Waals surface area contributed by atoms with Crippen LogP contribution in [-0.4, -0.2) is 112 Å². The van der Waals surface area contributed by atoms with E-state index in [2.05, 4.69) is 95.4 Å². The van der Waals surface area contributed by atoms with E-state index in [4.69, 9.17) is 14.8 Å². The van der Waals surface area contributed by atoms with E-state index in [1.165, 1.54) is 11.1 Å². The smallest absolute Gasteiger partial charge is 0.259 e. The number of aromatic nitrogens is 6. The number of benzene rings is 2. The van der Waals surface area contributed by atoms with E-state index in [1.807, 2.05) is 41.5 Å². The molecule has 438 valence electrons. The monoisotopic (exact) mass is 1120 g/mol. The van der Waals surface area contributed by atoms with Crippen LogP contribution in [0.1, 0.15) is 176 Å². The van der Waals surface area contributed by atoms with Gasteiger partial charge >= 0.3 is 0 Å². The highest BCUT2D eigenvalue weighted by atomic mass is 16.7. The lowest BCUT2D eigenvalue weighted by molar-refractivity contribution is -0.908. The number of piperidine rings is 2. The van der Waals surface area contributed by atoms with E-state index in [9.17, 15) is 24.3 Å². The maximum atomic E-state index is 14.2. The van der Waals surface area contributed by atoms with Crippen LogP contribution in [0.4, 0.5) is 11.9 Å². The molecule has 18 heteroatoms. The molecule has 2 aromatic carbocycles. The molecule has 18 nitrogen and oxygen atoms in total. The Morgan fingerprint density at radius 2 is 1.06 bits per heavy atom. The van der Waals surface area contributed by atoms with Crippen molar-refractivity contribution in [1.82, 2.24) is 44.5 Å². The van der Waals surface area contributed by atoms with Gasteiger partial charge in [-0.05, 0) is 212 Å². The molecule has 2 aliphatic heterocycles. The zero-order chi connectivity index (χ0) is 57.9. The lowest BCUT2D eigenvalue weighted by Crippen LogP contribution is -2.57. The highest BCUT2D eigenvalue weighted by molar-refractivity contribution is 6.04. The molecule has 6 heterocycles. The predicted molar refractivity (Wildman–Crippen MR) is 318 cm³/mol. The van der Waals surface area contributed by atoms with Gasteiger partial charge in [0.05, 0.1) is 38.8 Å². The highest BCUT2D eigenvalue weighted by Crippen LogP contribution is 2.40. The molecule has 0 radical (unpaired) electrons. The standard InChI is InChI=1S/C64H86N12O6/c1-41(2)66-57(77)45-13-17-51(18-14-45)75-55-36-43(39-72-30-25-49(26-31-72)63(5,6)81)11-21-53(55)68-61(75)70-59(79)47-23-34-74(35-24-47)82-64(7,8)50-27-32-73(33-28-50)40-44-12-22-54-56(37-44)76(52-19-15-46(16-20-52)58(78)67-42(3)4)62(69-54)71-60(80)48-10-9-29-65-38-48/h9-12,21-24,29,34-38,41-42,45-46,49-52,81H,13-20,25-28,30-33,39-40H2,1-8H3,(H3-,66,67,68,69,70,71,77,78,79,80)/p+1. The number of carbonyl (C=O) groups excluding carboxylic acids is 4. The van der Waals surface area contributed by atoms with Gasteiger partial charge in [-0.2, -0.15) is 0 Å². The number of anilines is 2. The van der Waals surface area contributed by atoms with Crippen LogP contribution < -0.4 is 30.8 Å². The number of fused-ring (bicyclic) bond motifs is 2. The topological polar surface area (TPSA) is 205 Å². The maximum Gasteiger partial charge on any atom is 0.259 e. The molecule has 0 unspecified atom stereocenters. The van der Waals surface area contributed by atoms with E-state index in [1.54, 1.807) is 53.8 Å². The molecule has 82 heavy (non-hydrogen) atoms. The first kappa shape index (κ1) is 58.4. The quantitative estimate of drug-likeness (QED) is 0.0513. The van der Waals surface area contributed by atoms with Crippen LogP contribution >= 0.6 is 0 Å². The van der Waals surface area contributed by atoms with Crippen LogP contribution in [0.25, 0.3) is 22.1 Å². The van der Waals surface area contributed by atoms with E-state index in [-0.39, 0.29) is 71.5 Å². The second-order valence-electron chi connectivity index (χ2n) is 25.6. The summed E-state index contributed by atoms with van der Waals surface area (Å²) in [6.07, 6.45) is 16.9. The van der Waals surface area contributed by atoms with Crippen molar-refractivity contribution in [2.45, 2.75) is 181 Å². The van der Waals surface area contributed by atoms with Crippen LogP contribution in [0, 0.1) is 23.7 Å². The maximum absolute atomic E-state index is 14.2. The van der Waals surface area contributed by atoms with Gasteiger partial charge in [0.15, 0.2) is 5.60 Å². The number of hydrogen-bond donors (Lipinski definition) is 5. The van der Waals surface area contributed by atoms with Gasteiger partial charge in [0, 0.05) is 84.3 Å². The number of nitrogens with one attached hydrogen (secondary N) is 4. The zero-order valence-electron chi connectivity index (χ0n) is 49.5. The van der Waals surface area contributed by atoms with E-state index < -0.39 is 11.2 Å². The lowest BCUT2D eigenvalue weighted by atomic mass is 9.83. The summed E-state index contributed by atoms with van der Waals surface area (Å²) in [7, 11) is 0.